The first-order valence-electron chi connectivity index (χ1n) is 7.17. The summed E-state index contributed by atoms with van der Waals surface area (Å²) in [5, 5.41) is 2.27. The van der Waals surface area contributed by atoms with Crippen LogP contribution in [0.5, 0.6) is 5.75 Å². The molecule has 0 radical (unpaired) electrons. The second-order valence-electron chi connectivity index (χ2n) is 5.09. The molecule has 3 aromatic carbocycles. The van der Waals surface area contributed by atoms with Gasteiger partial charge in [0.15, 0.2) is 6.61 Å². The van der Waals surface area contributed by atoms with E-state index >= 15 is 0 Å². The number of benzene rings is 3. The van der Waals surface area contributed by atoms with E-state index in [1.165, 1.54) is 0 Å². The van der Waals surface area contributed by atoms with Crippen LogP contribution in [0.25, 0.3) is 10.8 Å². The number of likely N-dealkylation sites (N-methyl/N-ethyl adjacent to an activating group) is 1. The van der Waals surface area contributed by atoms with E-state index in [0.29, 0.717) is 5.75 Å². The molecule has 0 fully saturated rings. The Labute approximate surface area is 129 Å². The molecule has 0 atom stereocenters. The minimum absolute atomic E-state index is 0.0212. The Morgan fingerprint density at radius 3 is 2.36 bits per heavy atom. The molecular weight excluding hydrogens is 274 g/mol. The van der Waals surface area contributed by atoms with Crippen LogP contribution in [0.3, 0.4) is 0 Å². The van der Waals surface area contributed by atoms with Crippen molar-refractivity contribution in [3.63, 3.8) is 0 Å². The van der Waals surface area contributed by atoms with Gasteiger partial charge in [0, 0.05) is 12.7 Å². The van der Waals surface area contributed by atoms with Gasteiger partial charge in [-0.15, -0.1) is 0 Å². The zero-order valence-electron chi connectivity index (χ0n) is 12.4. The minimum Gasteiger partial charge on any atom is -0.484 e. The smallest absolute Gasteiger partial charge is 0.264 e. The van der Waals surface area contributed by atoms with Gasteiger partial charge in [-0.2, -0.15) is 0 Å². The maximum absolute atomic E-state index is 12.3. The fourth-order valence-electron chi connectivity index (χ4n) is 2.29. The van der Waals surface area contributed by atoms with E-state index in [9.17, 15) is 4.79 Å². The van der Waals surface area contributed by atoms with E-state index < -0.39 is 0 Å². The van der Waals surface area contributed by atoms with Crippen molar-refractivity contribution in [3.8, 4) is 5.75 Å². The fraction of sp³-hybridized carbons (Fsp3) is 0.105. The van der Waals surface area contributed by atoms with Gasteiger partial charge < -0.3 is 9.64 Å². The average molecular weight is 291 g/mol. The number of carbonyl (C=O) groups excluding carboxylic acids is 1. The minimum atomic E-state index is -0.0841. The molecule has 3 aromatic rings. The molecular formula is C19H17NO2. The van der Waals surface area contributed by atoms with Crippen molar-refractivity contribution < 1.29 is 9.53 Å². The molecule has 0 unspecified atom stereocenters. The maximum atomic E-state index is 12.3. The third kappa shape index (κ3) is 3.09. The lowest BCUT2D eigenvalue weighted by molar-refractivity contribution is -0.120. The highest BCUT2D eigenvalue weighted by atomic mass is 16.5. The van der Waals surface area contributed by atoms with E-state index in [-0.39, 0.29) is 12.5 Å². The van der Waals surface area contributed by atoms with Crippen molar-refractivity contribution in [2.75, 3.05) is 18.6 Å². The number of hydrogen-bond acceptors (Lipinski definition) is 2. The van der Waals surface area contributed by atoms with Crippen molar-refractivity contribution in [1.82, 2.24) is 0 Å². The van der Waals surface area contributed by atoms with Gasteiger partial charge in [-0.3, -0.25) is 4.79 Å². The van der Waals surface area contributed by atoms with Crippen LogP contribution < -0.4 is 9.64 Å². The summed E-state index contributed by atoms with van der Waals surface area (Å²) in [4.78, 5) is 13.9. The highest BCUT2D eigenvalue weighted by Crippen LogP contribution is 2.21. The maximum Gasteiger partial charge on any atom is 0.264 e. The molecule has 3 nitrogen and oxygen atoms in total. The van der Waals surface area contributed by atoms with Gasteiger partial charge in [0.05, 0.1) is 0 Å². The molecule has 0 spiro atoms. The van der Waals surface area contributed by atoms with E-state index in [0.717, 1.165) is 16.5 Å². The Kier molecular flexibility index (Phi) is 4.05. The number of nitrogens with zero attached hydrogens (tertiary/aromatic N) is 1. The van der Waals surface area contributed by atoms with Gasteiger partial charge in [-0.1, -0.05) is 48.5 Å². The van der Waals surface area contributed by atoms with Gasteiger partial charge >= 0.3 is 0 Å². The zero-order chi connectivity index (χ0) is 15.4. The Hall–Kier alpha value is -2.81. The summed E-state index contributed by atoms with van der Waals surface area (Å²) in [6, 6.07) is 23.4. The Morgan fingerprint density at radius 1 is 0.909 bits per heavy atom. The quantitative estimate of drug-likeness (QED) is 0.730. The second-order valence-corrected chi connectivity index (χ2v) is 5.09. The van der Waals surface area contributed by atoms with E-state index in [4.69, 9.17) is 4.74 Å². The summed E-state index contributed by atoms with van der Waals surface area (Å²) in [6.45, 7) is 0.0212. The lowest BCUT2D eigenvalue weighted by Gasteiger charge is -2.18. The van der Waals surface area contributed by atoms with E-state index in [1.54, 1.807) is 11.9 Å². The number of ether oxygens (including phenoxy) is 1. The number of amides is 1. The van der Waals surface area contributed by atoms with Crippen LogP contribution in [-0.4, -0.2) is 19.6 Å². The van der Waals surface area contributed by atoms with Gasteiger partial charge in [-0.05, 0) is 35.0 Å². The molecule has 0 aliphatic heterocycles. The summed E-state index contributed by atoms with van der Waals surface area (Å²) in [5.74, 6) is 0.613. The van der Waals surface area contributed by atoms with Crippen molar-refractivity contribution in [2.24, 2.45) is 0 Å². The van der Waals surface area contributed by atoms with Crippen LogP contribution in [-0.2, 0) is 4.79 Å². The monoisotopic (exact) mass is 291 g/mol. The fourth-order valence-corrected chi connectivity index (χ4v) is 2.29. The SMILES string of the molecule is CN(C(=O)COc1ccccc1)c1ccc2ccccc2c1. The van der Waals surface area contributed by atoms with Crippen LogP contribution in [0.2, 0.25) is 0 Å². The summed E-state index contributed by atoms with van der Waals surface area (Å²) < 4.78 is 5.51. The molecule has 0 bridgehead atoms. The predicted molar refractivity (Wildman–Crippen MR) is 89.3 cm³/mol. The molecule has 0 heterocycles. The van der Waals surface area contributed by atoms with Crippen LogP contribution >= 0.6 is 0 Å². The van der Waals surface area contributed by atoms with E-state index in [1.807, 2.05) is 66.7 Å². The molecule has 1 amide bonds. The van der Waals surface area contributed by atoms with Crippen LogP contribution in [0.15, 0.2) is 72.8 Å². The first-order chi connectivity index (χ1) is 10.7. The van der Waals surface area contributed by atoms with Crippen LogP contribution in [0, 0.1) is 0 Å². The Balaban J connectivity index is 1.71. The Morgan fingerprint density at radius 2 is 1.59 bits per heavy atom. The van der Waals surface area contributed by atoms with E-state index in [2.05, 4.69) is 6.07 Å². The lowest BCUT2D eigenvalue weighted by Crippen LogP contribution is -2.31. The molecule has 0 N–H and O–H groups in total. The summed E-state index contributed by atoms with van der Waals surface area (Å²) >= 11 is 0. The topological polar surface area (TPSA) is 29.5 Å². The molecule has 3 rings (SSSR count). The molecule has 0 aliphatic rings. The van der Waals surface area contributed by atoms with Crippen molar-refractivity contribution >= 4 is 22.4 Å². The van der Waals surface area contributed by atoms with Gasteiger partial charge in [0.1, 0.15) is 5.75 Å². The molecule has 0 aliphatic carbocycles. The van der Waals surface area contributed by atoms with Crippen molar-refractivity contribution in [1.29, 1.82) is 0 Å². The standard InChI is InChI=1S/C19H17NO2/c1-20(19(21)14-22-18-9-3-2-4-10-18)17-12-11-15-7-5-6-8-16(15)13-17/h2-13H,14H2,1H3. The first-order valence-corrected chi connectivity index (χ1v) is 7.17. The number of carbonyl (C=O) groups is 1. The number of para-hydroxylation sites is 1. The normalized spacial score (nSPS) is 10.4. The highest BCUT2D eigenvalue weighted by Gasteiger charge is 2.12. The highest BCUT2D eigenvalue weighted by molar-refractivity contribution is 5.96. The average Bonchev–Trinajstić information content (AvgIpc) is 2.59. The third-order valence-corrected chi connectivity index (χ3v) is 3.60. The largest absolute Gasteiger partial charge is 0.484 e. The number of hydrogen-bond donors (Lipinski definition) is 0. The molecule has 0 aromatic heterocycles. The van der Waals surface area contributed by atoms with Crippen molar-refractivity contribution in [3.05, 3.63) is 72.8 Å². The number of anilines is 1. The summed E-state index contributed by atoms with van der Waals surface area (Å²) in [7, 11) is 1.76. The molecule has 22 heavy (non-hydrogen) atoms. The molecule has 0 saturated carbocycles. The summed E-state index contributed by atoms with van der Waals surface area (Å²) in [6.07, 6.45) is 0. The number of fused-ring (bicyclic) bond motifs is 1. The molecule has 0 saturated heterocycles. The number of rotatable bonds is 4. The van der Waals surface area contributed by atoms with Gasteiger partial charge in [0.25, 0.3) is 5.91 Å². The molecule has 3 heteroatoms. The molecule has 110 valence electrons. The van der Waals surface area contributed by atoms with Gasteiger partial charge in [0.2, 0.25) is 0 Å². The van der Waals surface area contributed by atoms with Gasteiger partial charge in [-0.25, -0.2) is 0 Å². The summed E-state index contributed by atoms with van der Waals surface area (Å²) in [5.41, 5.74) is 0.861. The third-order valence-electron chi connectivity index (χ3n) is 3.60. The van der Waals surface area contributed by atoms with Crippen LogP contribution in [0.1, 0.15) is 0 Å². The Bertz CT molecular complexity index is 784. The lowest BCUT2D eigenvalue weighted by atomic mass is 10.1. The van der Waals surface area contributed by atoms with Crippen LogP contribution in [0.4, 0.5) is 5.69 Å². The van der Waals surface area contributed by atoms with Crippen molar-refractivity contribution in [2.45, 2.75) is 0 Å². The first kappa shape index (κ1) is 14.1. The second kappa shape index (κ2) is 6.31. The zero-order valence-corrected chi connectivity index (χ0v) is 12.4. The predicted octanol–water partition coefficient (Wildman–Crippen LogP) is 3.88.